The first kappa shape index (κ1) is 15.5. The Morgan fingerprint density at radius 2 is 1.25 bits per heavy atom. The van der Waals surface area contributed by atoms with E-state index in [-0.39, 0.29) is 5.78 Å². The van der Waals surface area contributed by atoms with Crippen LogP contribution in [-0.2, 0) is 12.8 Å². The summed E-state index contributed by atoms with van der Waals surface area (Å²) in [7, 11) is 0. The molecule has 3 heteroatoms. The zero-order valence-electron chi connectivity index (χ0n) is 11.1. The Balaban J connectivity index is 2.26. The second-order valence-corrected chi connectivity index (χ2v) is 6.19. The van der Waals surface area contributed by atoms with Crippen LogP contribution < -0.4 is 0 Å². The molecule has 0 N–H and O–H groups in total. The highest BCUT2D eigenvalue weighted by molar-refractivity contribution is 9.09. The number of hydrogen-bond donors (Lipinski definition) is 0. The number of hydrogen-bond acceptors (Lipinski definition) is 1. The Morgan fingerprint density at radius 3 is 1.65 bits per heavy atom. The van der Waals surface area contributed by atoms with Crippen LogP contribution in [0.15, 0.2) is 48.5 Å². The van der Waals surface area contributed by atoms with Gasteiger partial charge < -0.3 is 0 Å². The van der Waals surface area contributed by atoms with Crippen LogP contribution in [0.2, 0.25) is 0 Å². The Morgan fingerprint density at radius 1 is 0.800 bits per heavy atom. The molecule has 0 amide bonds. The summed E-state index contributed by atoms with van der Waals surface area (Å²) in [6, 6.07) is 15.8. The summed E-state index contributed by atoms with van der Waals surface area (Å²) in [5.41, 5.74) is 3.90. The van der Waals surface area contributed by atoms with Crippen molar-refractivity contribution in [3.63, 3.8) is 0 Å². The van der Waals surface area contributed by atoms with E-state index in [0.717, 1.165) is 34.6 Å². The fourth-order valence-corrected chi connectivity index (χ4v) is 3.04. The second kappa shape index (κ2) is 7.75. The summed E-state index contributed by atoms with van der Waals surface area (Å²) in [4.78, 5) is 12.5. The molecule has 2 rings (SSSR count). The Hall–Kier alpha value is -0.930. The molecule has 0 fully saturated rings. The molecule has 0 saturated carbocycles. The number of carbonyl (C=O) groups is 1. The highest BCUT2D eigenvalue weighted by atomic mass is 79.9. The lowest BCUT2D eigenvalue weighted by Gasteiger charge is -2.06. The molecular weight excluding hydrogens is 380 g/mol. The van der Waals surface area contributed by atoms with Crippen molar-refractivity contribution >= 4 is 37.6 Å². The molecule has 0 radical (unpaired) electrons. The number of alkyl halides is 2. The topological polar surface area (TPSA) is 17.1 Å². The van der Waals surface area contributed by atoms with E-state index in [4.69, 9.17) is 0 Å². The monoisotopic (exact) mass is 394 g/mol. The molecule has 0 aromatic heterocycles. The van der Waals surface area contributed by atoms with E-state index in [1.54, 1.807) is 0 Å². The van der Waals surface area contributed by atoms with Gasteiger partial charge in [-0.3, -0.25) is 4.79 Å². The van der Waals surface area contributed by atoms with Crippen molar-refractivity contribution in [2.75, 3.05) is 10.7 Å². The molecule has 1 nitrogen and oxygen atoms in total. The molecular formula is C17H16Br2O. The van der Waals surface area contributed by atoms with Crippen LogP contribution in [0.1, 0.15) is 27.0 Å². The van der Waals surface area contributed by atoms with Crippen LogP contribution in [-0.4, -0.2) is 16.4 Å². The molecule has 0 saturated heterocycles. The molecule has 0 aliphatic rings. The maximum atomic E-state index is 12.5. The van der Waals surface area contributed by atoms with Crippen molar-refractivity contribution in [2.24, 2.45) is 0 Å². The van der Waals surface area contributed by atoms with Crippen molar-refractivity contribution in [3.8, 4) is 0 Å². The van der Waals surface area contributed by atoms with E-state index >= 15 is 0 Å². The third-order valence-corrected chi connectivity index (χ3v) is 3.94. The maximum Gasteiger partial charge on any atom is 0.193 e. The average molecular weight is 396 g/mol. The van der Waals surface area contributed by atoms with Gasteiger partial charge in [-0.1, -0.05) is 68.3 Å². The van der Waals surface area contributed by atoms with Gasteiger partial charge in [-0.2, -0.15) is 0 Å². The van der Waals surface area contributed by atoms with Gasteiger partial charge in [0.15, 0.2) is 5.78 Å². The van der Waals surface area contributed by atoms with Gasteiger partial charge in [0.25, 0.3) is 0 Å². The molecule has 0 aliphatic carbocycles. The van der Waals surface area contributed by atoms with Gasteiger partial charge >= 0.3 is 0 Å². The zero-order chi connectivity index (χ0) is 14.4. The molecule has 0 heterocycles. The zero-order valence-corrected chi connectivity index (χ0v) is 14.3. The predicted octanol–water partition coefficient (Wildman–Crippen LogP) is 4.79. The minimum atomic E-state index is 0.0952. The van der Waals surface area contributed by atoms with Gasteiger partial charge in [-0.15, -0.1) is 0 Å². The summed E-state index contributed by atoms with van der Waals surface area (Å²) in [6.45, 7) is 0. The molecule has 0 bridgehead atoms. The highest BCUT2D eigenvalue weighted by Gasteiger charge is 2.10. The van der Waals surface area contributed by atoms with Crippen molar-refractivity contribution in [1.29, 1.82) is 0 Å². The fourth-order valence-electron chi connectivity index (χ4n) is 2.12. The van der Waals surface area contributed by atoms with Gasteiger partial charge in [-0.05, 0) is 36.1 Å². The molecule has 104 valence electrons. The number of halogens is 2. The lowest BCUT2D eigenvalue weighted by atomic mass is 9.99. The molecule has 2 aromatic carbocycles. The van der Waals surface area contributed by atoms with E-state index in [1.807, 2.05) is 36.4 Å². The summed E-state index contributed by atoms with van der Waals surface area (Å²) in [6.07, 6.45) is 1.87. The summed E-state index contributed by atoms with van der Waals surface area (Å²) >= 11 is 6.86. The minimum Gasteiger partial charge on any atom is -0.289 e. The molecule has 20 heavy (non-hydrogen) atoms. The van der Waals surface area contributed by atoms with Crippen LogP contribution in [0.25, 0.3) is 0 Å². The van der Waals surface area contributed by atoms with Gasteiger partial charge in [0.05, 0.1) is 0 Å². The standard InChI is InChI=1S/C17H16Br2O/c18-9-7-13-3-1-5-15(11-13)17(20)16-6-2-4-14(12-16)8-10-19/h1-6,11-12H,7-10H2. The van der Waals surface area contributed by atoms with E-state index in [9.17, 15) is 4.79 Å². The first-order valence-corrected chi connectivity index (χ1v) is 8.83. The van der Waals surface area contributed by atoms with Crippen LogP contribution in [0.4, 0.5) is 0 Å². The molecule has 0 atom stereocenters. The van der Waals surface area contributed by atoms with Crippen molar-refractivity contribution in [2.45, 2.75) is 12.8 Å². The van der Waals surface area contributed by atoms with Crippen LogP contribution >= 0.6 is 31.9 Å². The first-order chi connectivity index (χ1) is 9.74. The van der Waals surface area contributed by atoms with Crippen LogP contribution in [0, 0.1) is 0 Å². The Labute approximate surface area is 136 Å². The minimum absolute atomic E-state index is 0.0952. The number of benzene rings is 2. The van der Waals surface area contributed by atoms with Crippen molar-refractivity contribution in [3.05, 3.63) is 70.8 Å². The van der Waals surface area contributed by atoms with Crippen LogP contribution in [0.5, 0.6) is 0 Å². The fraction of sp³-hybridized carbons (Fsp3) is 0.235. The van der Waals surface area contributed by atoms with Gasteiger partial charge in [0.1, 0.15) is 0 Å². The lowest BCUT2D eigenvalue weighted by Crippen LogP contribution is -2.03. The molecule has 0 unspecified atom stereocenters. The Kier molecular flexibility index (Phi) is 5.99. The third kappa shape index (κ3) is 4.03. The lowest BCUT2D eigenvalue weighted by molar-refractivity contribution is 0.103. The van der Waals surface area contributed by atoms with E-state index in [1.165, 1.54) is 11.1 Å². The van der Waals surface area contributed by atoms with E-state index < -0.39 is 0 Å². The summed E-state index contributed by atoms with van der Waals surface area (Å²) < 4.78 is 0. The number of rotatable bonds is 6. The quantitative estimate of drug-likeness (QED) is 0.507. The molecule has 2 aromatic rings. The summed E-state index contributed by atoms with van der Waals surface area (Å²) in [5.74, 6) is 0.0952. The van der Waals surface area contributed by atoms with Crippen molar-refractivity contribution in [1.82, 2.24) is 0 Å². The second-order valence-electron chi connectivity index (χ2n) is 4.61. The third-order valence-electron chi connectivity index (χ3n) is 3.14. The van der Waals surface area contributed by atoms with Crippen molar-refractivity contribution < 1.29 is 4.79 Å². The molecule has 0 aliphatic heterocycles. The first-order valence-electron chi connectivity index (χ1n) is 6.59. The van der Waals surface area contributed by atoms with Gasteiger partial charge in [0.2, 0.25) is 0 Å². The predicted molar refractivity (Wildman–Crippen MR) is 91.3 cm³/mol. The van der Waals surface area contributed by atoms with Gasteiger partial charge in [0, 0.05) is 21.8 Å². The normalized spacial score (nSPS) is 10.5. The smallest absolute Gasteiger partial charge is 0.193 e. The van der Waals surface area contributed by atoms with Crippen LogP contribution in [0.3, 0.4) is 0 Å². The molecule has 0 spiro atoms. The Bertz CT molecular complexity index is 542. The van der Waals surface area contributed by atoms with Gasteiger partial charge in [-0.25, -0.2) is 0 Å². The maximum absolute atomic E-state index is 12.5. The van der Waals surface area contributed by atoms with E-state index in [2.05, 4.69) is 44.0 Å². The average Bonchev–Trinajstić information content (AvgIpc) is 2.48. The highest BCUT2D eigenvalue weighted by Crippen LogP contribution is 2.15. The van der Waals surface area contributed by atoms with E-state index in [0.29, 0.717) is 0 Å². The number of ketones is 1. The number of carbonyl (C=O) groups excluding carboxylic acids is 1. The number of aryl methyl sites for hydroxylation is 2. The SMILES string of the molecule is O=C(c1cccc(CCBr)c1)c1cccc(CCBr)c1. The summed E-state index contributed by atoms with van der Waals surface area (Å²) in [5, 5.41) is 1.82. The largest absolute Gasteiger partial charge is 0.289 e.